The molecule has 0 aromatic rings. The molecule has 3 rings (SSSR count). The van der Waals surface area contributed by atoms with Crippen molar-refractivity contribution in [1.29, 1.82) is 0 Å². The number of carbonyl (C=O) groups is 2. The fraction of sp³-hybridized carbons (Fsp3) is 0.857. The van der Waals surface area contributed by atoms with Crippen molar-refractivity contribution in [2.45, 2.75) is 68.7 Å². The molecule has 0 atom stereocenters. The smallest absolute Gasteiger partial charge is 0.234 e. The molecule has 18 heavy (non-hydrogen) atoms. The van der Waals surface area contributed by atoms with E-state index in [-0.39, 0.29) is 17.1 Å². The number of halogens is 1. The van der Waals surface area contributed by atoms with Gasteiger partial charge in [-0.2, -0.15) is 0 Å². The van der Waals surface area contributed by atoms with Gasteiger partial charge in [0, 0.05) is 5.38 Å². The first kappa shape index (κ1) is 12.5. The van der Waals surface area contributed by atoms with Gasteiger partial charge < -0.3 is 5.32 Å². The summed E-state index contributed by atoms with van der Waals surface area (Å²) in [6.07, 6.45) is 7.81. The molecule has 4 heteroatoms. The maximum atomic E-state index is 12.8. The lowest BCUT2D eigenvalue weighted by Crippen LogP contribution is -2.50. The van der Waals surface area contributed by atoms with Crippen molar-refractivity contribution in [3.05, 3.63) is 0 Å². The monoisotopic (exact) mass is 269 g/mol. The average molecular weight is 270 g/mol. The molecule has 0 unspecified atom stereocenters. The number of nitrogens with one attached hydrogen (secondary N) is 1. The Kier molecular flexibility index (Phi) is 2.92. The average Bonchev–Trinajstić information content (AvgIpc) is 2.58. The Labute approximate surface area is 113 Å². The molecule has 2 aliphatic carbocycles. The largest absolute Gasteiger partial charge is 0.343 e. The molecule has 0 bridgehead atoms. The summed E-state index contributed by atoms with van der Waals surface area (Å²) in [7, 11) is 0. The van der Waals surface area contributed by atoms with Crippen molar-refractivity contribution >= 4 is 23.3 Å². The molecular weight excluding hydrogens is 250 g/mol. The van der Waals surface area contributed by atoms with Gasteiger partial charge in [0.2, 0.25) is 5.91 Å². The Morgan fingerprint density at radius 2 is 1.61 bits per heavy atom. The van der Waals surface area contributed by atoms with E-state index in [9.17, 15) is 9.59 Å². The van der Waals surface area contributed by atoms with Crippen molar-refractivity contribution in [2.75, 3.05) is 0 Å². The second kappa shape index (κ2) is 4.22. The van der Waals surface area contributed by atoms with Crippen molar-refractivity contribution in [1.82, 2.24) is 5.32 Å². The highest BCUT2D eigenvalue weighted by Crippen LogP contribution is 2.48. The summed E-state index contributed by atoms with van der Waals surface area (Å²) in [5, 5.41) is 3.22. The van der Waals surface area contributed by atoms with E-state index in [0.717, 1.165) is 57.8 Å². The predicted octanol–water partition coefficient (Wildman–Crippen LogP) is 2.56. The molecule has 3 aliphatic rings. The fourth-order valence-corrected chi connectivity index (χ4v) is 4.21. The van der Waals surface area contributed by atoms with E-state index < -0.39 is 11.0 Å². The van der Waals surface area contributed by atoms with E-state index >= 15 is 0 Å². The molecule has 3 fully saturated rings. The van der Waals surface area contributed by atoms with Crippen molar-refractivity contribution < 1.29 is 9.59 Å². The number of Topliss-reactive ketones (excluding diaryl/α,β-unsaturated/α-hetero) is 1. The van der Waals surface area contributed by atoms with E-state index in [1.807, 2.05) is 0 Å². The third-order valence-electron chi connectivity index (χ3n) is 5.13. The van der Waals surface area contributed by atoms with Crippen molar-refractivity contribution in [3.8, 4) is 0 Å². The van der Waals surface area contributed by atoms with Gasteiger partial charge in [-0.3, -0.25) is 9.59 Å². The van der Waals surface area contributed by atoms with Crippen LogP contribution in [0.1, 0.15) is 57.8 Å². The molecule has 100 valence electrons. The number of hydrogen-bond donors (Lipinski definition) is 1. The summed E-state index contributed by atoms with van der Waals surface area (Å²) in [5.41, 5.74) is -1.25. The van der Waals surface area contributed by atoms with Gasteiger partial charge in [0.05, 0.1) is 5.54 Å². The van der Waals surface area contributed by atoms with Gasteiger partial charge in [0.1, 0.15) is 5.41 Å². The third kappa shape index (κ3) is 1.63. The molecule has 1 saturated heterocycles. The Morgan fingerprint density at radius 3 is 2.22 bits per heavy atom. The lowest BCUT2D eigenvalue weighted by molar-refractivity contribution is -0.138. The first-order valence-corrected chi connectivity index (χ1v) is 7.54. The molecule has 1 heterocycles. The minimum Gasteiger partial charge on any atom is -0.343 e. The minimum atomic E-state index is -0.683. The van der Waals surface area contributed by atoms with Crippen LogP contribution >= 0.6 is 11.6 Å². The van der Waals surface area contributed by atoms with Crippen LogP contribution in [0.2, 0.25) is 0 Å². The number of carbonyl (C=O) groups excluding carboxylic acids is 2. The highest BCUT2D eigenvalue weighted by molar-refractivity contribution is 6.21. The zero-order valence-corrected chi connectivity index (χ0v) is 11.4. The SMILES string of the molecule is O=C1NC2(CCC(Cl)CC2)C(=O)C12CCCCC2. The van der Waals surface area contributed by atoms with Crippen molar-refractivity contribution in [2.24, 2.45) is 5.41 Å². The van der Waals surface area contributed by atoms with Crippen molar-refractivity contribution in [3.63, 3.8) is 0 Å². The Bertz CT molecular complexity index is 379. The second-order valence-electron chi connectivity index (χ2n) is 6.18. The van der Waals surface area contributed by atoms with Gasteiger partial charge in [-0.1, -0.05) is 19.3 Å². The van der Waals surface area contributed by atoms with Crippen LogP contribution < -0.4 is 5.32 Å². The van der Waals surface area contributed by atoms with Crippen LogP contribution in [-0.2, 0) is 9.59 Å². The minimum absolute atomic E-state index is 0.000206. The van der Waals surface area contributed by atoms with Gasteiger partial charge in [0.25, 0.3) is 0 Å². The van der Waals surface area contributed by atoms with E-state index in [1.54, 1.807) is 0 Å². The summed E-state index contributed by atoms with van der Waals surface area (Å²) >= 11 is 6.12. The number of amides is 1. The van der Waals surface area contributed by atoms with Crippen LogP contribution in [0.25, 0.3) is 0 Å². The van der Waals surface area contributed by atoms with Crippen LogP contribution in [0.4, 0.5) is 0 Å². The van der Waals surface area contributed by atoms with E-state index in [2.05, 4.69) is 5.32 Å². The van der Waals surface area contributed by atoms with E-state index in [4.69, 9.17) is 11.6 Å². The van der Waals surface area contributed by atoms with Gasteiger partial charge in [-0.25, -0.2) is 0 Å². The molecule has 1 aliphatic heterocycles. The molecular formula is C14H20ClNO2. The molecule has 3 nitrogen and oxygen atoms in total. The summed E-state index contributed by atoms with van der Waals surface area (Å²) in [6, 6.07) is 0. The molecule has 1 amide bonds. The Hall–Kier alpha value is -0.570. The predicted molar refractivity (Wildman–Crippen MR) is 69.5 cm³/mol. The number of alkyl halides is 1. The van der Waals surface area contributed by atoms with E-state index in [0.29, 0.717) is 0 Å². The number of hydrogen-bond acceptors (Lipinski definition) is 2. The summed E-state index contributed by atoms with van der Waals surface area (Å²) in [6.45, 7) is 0. The molecule has 2 saturated carbocycles. The molecule has 1 N–H and O–H groups in total. The van der Waals surface area contributed by atoms with Crippen LogP contribution in [0.3, 0.4) is 0 Å². The Morgan fingerprint density at radius 1 is 1.00 bits per heavy atom. The van der Waals surface area contributed by atoms with Gasteiger partial charge in [-0.15, -0.1) is 11.6 Å². The zero-order chi connectivity index (χ0) is 12.8. The highest BCUT2D eigenvalue weighted by atomic mass is 35.5. The number of rotatable bonds is 0. The third-order valence-corrected chi connectivity index (χ3v) is 5.57. The lowest BCUT2D eigenvalue weighted by atomic mass is 9.66. The molecule has 0 radical (unpaired) electrons. The molecule has 0 aromatic carbocycles. The standard InChI is InChI=1S/C14H20ClNO2/c15-10-4-8-14(9-5-10)11(17)13(12(18)16-14)6-2-1-3-7-13/h10H,1-9H2,(H,16,18). The van der Waals surface area contributed by atoms with Crippen LogP contribution in [0.15, 0.2) is 0 Å². The maximum Gasteiger partial charge on any atom is 0.234 e. The summed E-state index contributed by atoms with van der Waals surface area (Å²) in [4.78, 5) is 25.2. The van der Waals surface area contributed by atoms with E-state index in [1.165, 1.54) is 0 Å². The summed E-state index contributed by atoms with van der Waals surface area (Å²) < 4.78 is 0. The fourth-order valence-electron chi connectivity index (χ4n) is 3.99. The highest BCUT2D eigenvalue weighted by Gasteiger charge is 2.62. The lowest BCUT2D eigenvalue weighted by Gasteiger charge is -2.36. The maximum absolute atomic E-state index is 12.8. The molecule has 0 aromatic heterocycles. The van der Waals surface area contributed by atoms with Gasteiger partial charge in [0.15, 0.2) is 5.78 Å². The zero-order valence-electron chi connectivity index (χ0n) is 10.6. The van der Waals surface area contributed by atoms with Crippen LogP contribution in [0, 0.1) is 5.41 Å². The van der Waals surface area contributed by atoms with Crippen LogP contribution in [0.5, 0.6) is 0 Å². The number of ketones is 1. The van der Waals surface area contributed by atoms with Gasteiger partial charge >= 0.3 is 0 Å². The summed E-state index contributed by atoms with van der Waals surface area (Å²) in [5.74, 6) is 0.184. The first-order chi connectivity index (χ1) is 8.59. The second-order valence-corrected chi connectivity index (χ2v) is 6.80. The molecule has 2 spiro atoms. The first-order valence-electron chi connectivity index (χ1n) is 7.11. The van der Waals surface area contributed by atoms with Gasteiger partial charge in [-0.05, 0) is 38.5 Å². The Balaban J connectivity index is 1.88. The van der Waals surface area contributed by atoms with Crippen LogP contribution in [-0.4, -0.2) is 22.6 Å². The quantitative estimate of drug-likeness (QED) is 0.543. The topological polar surface area (TPSA) is 46.2 Å². The normalized spacial score (nSPS) is 39.3.